The molecule has 0 bridgehead atoms. The van der Waals surface area contributed by atoms with Crippen LogP contribution in [0.3, 0.4) is 0 Å². The highest BCUT2D eigenvalue weighted by atomic mass is 16.6. The molecule has 0 N–H and O–H groups in total. The molecule has 72 heavy (non-hydrogen) atoms. The molecule has 0 aliphatic heterocycles. The lowest BCUT2D eigenvalue weighted by atomic mass is 10.0. The Kier molecular flexibility index (Phi) is 59.2. The summed E-state index contributed by atoms with van der Waals surface area (Å²) in [5.41, 5.74) is 0. The van der Waals surface area contributed by atoms with Gasteiger partial charge in [-0.3, -0.25) is 14.4 Å². The third-order valence-electron chi connectivity index (χ3n) is 14.4. The Labute approximate surface area is 448 Å². The van der Waals surface area contributed by atoms with E-state index in [1.165, 1.54) is 231 Å². The summed E-state index contributed by atoms with van der Waals surface area (Å²) in [7, 11) is 0. The molecule has 0 aliphatic rings. The van der Waals surface area contributed by atoms with Gasteiger partial charge in [0.05, 0.1) is 0 Å². The summed E-state index contributed by atoms with van der Waals surface area (Å²) in [6, 6.07) is 0. The van der Waals surface area contributed by atoms with Crippen molar-refractivity contribution in [1.82, 2.24) is 0 Å². The number of unbranched alkanes of at least 4 members (excludes halogenated alkanes) is 42. The summed E-state index contributed by atoms with van der Waals surface area (Å²) < 4.78 is 16.9. The number of esters is 3. The van der Waals surface area contributed by atoms with Crippen molar-refractivity contribution in [2.24, 2.45) is 0 Å². The van der Waals surface area contributed by atoms with Crippen LogP contribution in [0.2, 0.25) is 0 Å². The van der Waals surface area contributed by atoms with E-state index < -0.39 is 6.10 Å². The fourth-order valence-electron chi connectivity index (χ4n) is 9.57. The van der Waals surface area contributed by atoms with Crippen LogP contribution in [0, 0.1) is 0 Å². The predicted octanol–water partition coefficient (Wildman–Crippen LogP) is 21.6. The largest absolute Gasteiger partial charge is 0.462 e. The van der Waals surface area contributed by atoms with Crippen molar-refractivity contribution in [2.75, 3.05) is 13.2 Å². The van der Waals surface area contributed by atoms with E-state index in [1.54, 1.807) is 0 Å². The van der Waals surface area contributed by atoms with E-state index in [4.69, 9.17) is 14.2 Å². The first kappa shape index (κ1) is 69.6. The molecule has 0 saturated heterocycles. The van der Waals surface area contributed by atoms with E-state index in [0.29, 0.717) is 19.3 Å². The molecule has 0 rings (SSSR count). The van der Waals surface area contributed by atoms with Crippen molar-refractivity contribution in [3.8, 4) is 0 Å². The average molecular weight is 1010 g/mol. The third kappa shape index (κ3) is 58.5. The summed E-state index contributed by atoms with van der Waals surface area (Å²) in [6.45, 7) is 6.67. The maximum Gasteiger partial charge on any atom is 0.306 e. The monoisotopic (exact) mass is 1010 g/mol. The maximum absolute atomic E-state index is 12.9. The van der Waals surface area contributed by atoms with Crippen molar-refractivity contribution in [3.63, 3.8) is 0 Å². The van der Waals surface area contributed by atoms with E-state index in [9.17, 15) is 14.4 Å². The molecule has 1 unspecified atom stereocenters. The van der Waals surface area contributed by atoms with Gasteiger partial charge in [0.15, 0.2) is 6.10 Å². The van der Waals surface area contributed by atoms with E-state index in [2.05, 4.69) is 57.2 Å². The summed E-state index contributed by atoms with van der Waals surface area (Å²) in [5, 5.41) is 0. The Hall–Kier alpha value is -2.37. The lowest BCUT2D eigenvalue weighted by Crippen LogP contribution is -2.30. The Bertz CT molecular complexity index is 1210. The fraction of sp³-hybridized carbons (Fsp3) is 0.864. The lowest BCUT2D eigenvalue weighted by Gasteiger charge is -2.18. The second-order valence-corrected chi connectivity index (χ2v) is 21.7. The first-order valence-corrected chi connectivity index (χ1v) is 32.0. The first-order chi connectivity index (χ1) is 35.5. The van der Waals surface area contributed by atoms with Gasteiger partial charge in [-0.1, -0.05) is 308 Å². The molecule has 1 atom stereocenters. The van der Waals surface area contributed by atoms with Crippen molar-refractivity contribution < 1.29 is 28.6 Å². The van der Waals surface area contributed by atoms with E-state index >= 15 is 0 Å². The van der Waals surface area contributed by atoms with Gasteiger partial charge in [0, 0.05) is 19.3 Å². The van der Waals surface area contributed by atoms with Crippen LogP contribution in [0.15, 0.2) is 36.5 Å². The quantitative estimate of drug-likeness (QED) is 0.0261. The normalized spacial score (nSPS) is 12.2. The van der Waals surface area contributed by atoms with Gasteiger partial charge in [0.25, 0.3) is 0 Å². The van der Waals surface area contributed by atoms with Gasteiger partial charge in [0.2, 0.25) is 0 Å². The predicted molar refractivity (Wildman–Crippen MR) is 312 cm³/mol. The highest BCUT2D eigenvalue weighted by molar-refractivity contribution is 5.71. The standard InChI is InChI=1S/C66H122O6/c1-4-7-10-13-16-19-22-25-28-31-33-36-38-41-44-47-50-53-56-59-65(68)71-62-63(61-70-64(67)58-55-52-49-46-43-40-37-34-30-27-24-21-18-15-12-9-6-3)72-66(69)60-57-54-51-48-45-42-39-35-32-29-26-23-20-17-14-11-8-5-2/h16,19,25,28,33,36,63H,4-15,17-18,20-24,26-27,29-32,34-35,37-62H2,1-3H3/b19-16-,28-25-,36-33-. The first-order valence-electron chi connectivity index (χ1n) is 32.0. The Morgan fingerprint density at radius 3 is 0.806 bits per heavy atom. The molecule has 422 valence electrons. The highest BCUT2D eigenvalue weighted by Crippen LogP contribution is 2.18. The van der Waals surface area contributed by atoms with E-state index in [0.717, 1.165) is 77.0 Å². The Morgan fingerprint density at radius 1 is 0.278 bits per heavy atom. The molecular formula is C66H122O6. The van der Waals surface area contributed by atoms with Gasteiger partial charge in [-0.2, -0.15) is 0 Å². The summed E-state index contributed by atoms with van der Waals surface area (Å²) in [4.78, 5) is 38.3. The number of hydrogen-bond donors (Lipinski definition) is 0. The second kappa shape index (κ2) is 61.2. The van der Waals surface area contributed by atoms with Gasteiger partial charge < -0.3 is 14.2 Å². The van der Waals surface area contributed by atoms with Crippen molar-refractivity contribution in [3.05, 3.63) is 36.5 Å². The number of allylic oxidation sites excluding steroid dienone is 6. The van der Waals surface area contributed by atoms with Crippen LogP contribution < -0.4 is 0 Å². The smallest absolute Gasteiger partial charge is 0.306 e. The van der Waals surface area contributed by atoms with Crippen LogP contribution >= 0.6 is 0 Å². The zero-order valence-corrected chi connectivity index (χ0v) is 48.5. The number of carbonyl (C=O) groups is 3. The molecule has 0 heterocycles. The number of carbonyl (C=O) groups excluding carboxylic acids is 3. The SMILES string of the molecule is CCCCC/C=C\C/C=C\C/C=C\CCCCCCCCC(=O)OCC(COC(=O)CCCCCCCCCCCCCCCCCCC)OC(=O)CCCCCCCCCCCCCCCCCCCC. The summed E-state index contributed by atoms with van der Waals surface area (Å²) in [6.07, 6.45) is 74.3. The number of hydrogen-bond acceptors (Lipinski definition) is 6. The minimum Gasteiger partial charge on any atom is -0.462 e. The Morgan fingerprint density at radius 2 is 0.500 bits per heavy atom. The molecule has 6 heteroatoms. The molecule has 0 aliphatic carbocycles. The van der Waals surface area contributed by atoms with Crippen molar-refractivity contribution in [2.45, 2.75) is 354 Å². The summed E-state index contributed by atoms with van der Waals surface area (Å²) in [5.74, 6) is -0.857. The van der Waals surface area contributed by atoms with Gasteiger partial charge in [-0.15, -0.1) is 0 Å². The molecule has 0 fully saturated rings. The maximum atomic E-state index is 12.9. The minimum absolute atomic E-state index is 0.0708. The van der Waals surface area contributed by atoms with Gasteiger partial charge in [0.1, 0.15) is 13.2 Å². The van der Waals surface area contributed by atoms with Gasteiger partial charge in [-0.05, 0) is 57.8 Å². The second-order valence-electron chi connectivity index (χ2n) is 21.7. The average Bonchev–Trinajstić information content (AvgIpc) is 3.38. The van der Waals surface area contributed by atoms with Gasteiger partial charge in [-0.25, -0.2) is 0 Å². The molecule has 0 aromatic carbocycles. The van der Waals surface area contributed by atoms with Crippen molar-refractivity contribution >= 4 is 17.9 Å². The van der Waals surface area contributed by atoms with Crippen molar-refractivity contribution in [1.29, 1.82) is 0 Å². The molecule has 0 amide bonds. The van der Waals surface area contributed by atoms with E-state index in [-0.39, 0.29) is 31.1 Å². The number of ether oxygens (including phenoxy) is 3. The van der Waals surface area contributed by atoms with Crippen LogP contribution in [-0.4, -0.2) is 37.2 Å². The highest BCUT2D eigenvalue weighted by Gasteiger charge is 2.19. The van der Waals surface area contributed by atoms with Crippen LogP contribution in [0.5, 0.6) is 0 Å². The molecule has 0 spiro atoms. The molecule has 0 aromatic rings. The van der Waals surface area contributed by atoms with Crippen LogP contribution in [0.25, 0.3) is 0 Å². The topological polar surface area (TPSA) is 78.9 Å². The lowest BCUT2D eigenvalue weighted by molar-refractivity contribution is -0.167. The fourth-order valence-corrected chi connectivity index (χ4v) is 9.57. The molecular weight excluding hydrogens is 889 g/mol. The molecule has 0 saturated carbocycles. The molecule has 0 aromatic heterocycles. The molecule has 0 radical (unpaired) electrons. The van der Waals surface area contributed by atoms with E-state index in [1.807, 2.05) is 0 Å². The van der Waals surface area contributed by atoms with Crippen LogP contribution in [-0.2, 0) is 28.6 Å². The molecule has 6 nitrogen and oxygen atoms in total. The zero-order valence-electron chi connectivity index (χ0n) is 48.5. The summed E-state index contributed by atoms with van der Waals surface area (Å²) >= 11 is 0. The van der Waals surface area contributed by atoms with Crippen LogP contribution in [0.4, 0.5) is 0 Å². The van der Waals surface area contributed by atoms with Crippen LogP contribution in [0.1, 0.15) is 348 Å². The minimum atomic E-state index is -0.774. The number of rotatable bonds is 59. The van der Waals surface area contributed by atoms with Gasteiger partial charge >= 0.3 is 17.9 Å². The Balaban J connectivity index is 4.35. The zero-order chi connectivity index (χ0) is 52.2. The third-order valence-corrected chi connectivity index (χ3v) is 14.4.